The number of nitrogens with one attached hydrogen (secondary N) is 1. The second-order valence-electron chi connectivity index (χ2n) is 6.06. The molecular formula is C18H30N2. The molecule has 2 rings (SSSR count). The van der Waals surface area contributed by atoms with E-state index in [1.54, 1.807) is 0 Å². The van der Waals surface area contributed by atoms with Gasteiger partial charge in [0.05, 0.1) is 0 Å². The first-order valence-electron chi connectivity index (χ1n) is 8.32. The number of rotatable bonds is 6. The summed E-state index contributed by atoms with van der Waals surface area (Å²) in [5.74, 6) is 0. The quantitative estimate of drug-likeness (QED) is 0.852. The van der Waals surface area contributed by atoms with E-state index in [1.807, 2.05) is 0 Å². The van der Waals surface area contributed by atoms with Gasteiger partial charge in [0.25, 0.3) is 0 Å². The van der Waals surface area contributed by atoms with Gasteiger partial charge in [-0.2, -0.15) is 0 Å². The van der Waals surface area contributed by atoms with Gasteiger partial charge < -0.3 is 5.32 Å². The summed E-state index contributed by atoms with van der Waals surface area (Å²) in [6, 6.07) is 10.6. The fourth-order valence-corrected chi connectivity index (χ4v) is 3.13. The third-order valence-electron chi connectivity index (χ3n) is 4.55. The zero-order valence-corrected chi connectivity index (χ0v) is 13.4. The number of hydrogen-bond acceptors (Lipinski definition) is 2. The molecule has 1 aromatic rings. The minimum Gasteiger partial charge on any atom is -0.311 e. The van der Waals surface area contributed by atoms with Crippen LogP contribution in [0.5, 0.6) is 0 Å². The average molecular weight is 274 g/mol. The molecule has 1 N–H and O–H groups in total. The van der Waals surface area contributed by atoms with Crippen LogP contribution in [0.1, 0.15) is 51.2 Å². The van der Waals surface area contributed by atoms with Gasteiger partial charge in [-0.3, -0.25) is 4.90 Å². The molecule has 1 aliphatic rings. The number of piperazine rings is 1. The zero-order valence-electron chi connectivity index (χ0n) is 13.4. The monoisotopic (exact) mass is 274 g/mol. The van der Waals surface area contributed by atoms with E-state index in [1.165, 1.54) is 36.9 Å². The Morgan fingerprint density at radius 1 is 1.10 bits per heavy atom. The molecule has 0 saturated carbocycles. The van der Waals surface area contributed by atoms with Crippen LogP contribution >= 0.6 is 0 Å². The smallest absolute Gasteiger partial charge is 0.0237 e. The second-order valence-corrected chi connectivity index (χ2v) is 6.06. The first kappa shape index (κ1) is 15.5. The average Bonchev–Trinajstić information content (AvgIpc) is 2.50. The zero-order chi connectivity index (χ0) is 14.4. The first-order chi connectivity index (χ1) is 9.76. The predicted octanol–water partition coefficient (Wildman–Crippen LogP) is 3.60. The largest absolute Gasteiger partial charge is 0.311 e. The molecule has 1 aromatic carbocycles. The number of aryl methyl sites for hydroxylation is 1. The van der Waals surface area contributed by atoms with Crippen molar-refractivity contribution in [3.63, 3.8) is 0 Å². The van der Waals surface area contributed by atoms with Crippen LogP contribution in [0, 0.1) is 0 Å². The van der Waals surface area contributed by atoms with Crippen molar-refractivity contribution in [2.45, 2.75) is 65.1 Å². The van der Waals surface area contributed by atoms with Crippen molar-refractivity contribution in [3.8, 4) is 0 Å². The van der Waals surface area contributed by atoms with Crippen LogP contribution in [0.3, 0.4) is 0 Å². The molecule has 1 heterocycles. The van der Waals surface area contributed by atoms with Gasteiger partial charge in [0.2, 0.25) is 0 Å². The topological polar surface area (TPSA) is 15.3 Å². The van der Waals surface area contributed by atoms with Crippen molar-refractivity contribution < 1.29 is 0 Å². The minimum absolute atomic E-state index is 0.665. The third-order valence-corrected chi connectivity index (χ3v) is 4.55. The Labute approximate surface area is 124 Å². The summed E-state index contributed by atoms with van der Waals surface area (Å²) < 4.78 is 0. The van der Waals surface area contributed by atoms with Gasteiger partial charge in [-0.1, -0.05) is 51.5 Å². The van der Waals surface area contributed by atoms with Gasteiger partial charge >= 0.3 is 0 Å². The molecule has 112 valence electrons. The van der Waals surface area contributed by atoms with Crippen LogP contribution < -0.4 is 5.32 Å². The van der Waals surface area contributed by atoms with Gasteiger partial charge in [0.1, 0.15) is 0 Å². The van der Waals surface area contributed by atoms with Crippen molar-refractivity contribution >= 4 is 0 Å². The predicted molar refractivity (Wildman–Crippen MR) is 87.0 cm³/mol. The molecular weight excluding hydrogens is 244 g/mol. The number of hydrogen-bond donors (Lipinski definition) is 1. The second kappa shape index (κ2) is 7.80. The summed E-state index contributed by atoms with van der Waals surface area (Å²) in [7, 11) is 0. The van der Waals surface area contributed by atoms with Crippen LogP contribution in [-0.4, -0.2) is 30.1 Å². The van der Waals surface area contributed by atoms with E-state index in [0.717, 1.165) is 19.5 Å². The molecule has 0 bridgehead atoms. The number of benzene rings is 1. The molecule has 0 radical (unpaired) electrons. The summed E-state index contributed by atoms with van der Waals surface area (Å²) in [5.41, 5.74) is 2.89. The van der Waals surface area contributed by atoms with Crippen LogP contribution in [-0.2, 0) is 13.0 Å². The third kappa shape index (κ3) is 4.07. The minimum atomic E-state index is 0.665. The fraction of sp³-hybridized carbons (Fsp3) is 0.667. The molecule has 2 heteroatoms. The molecule has 2 unspecified atom stereocenters. The van der Waals surface area contributed by atoms with Crippen molar-refractivity contribution in [3.05, 3.63) is 35.4 Å². The van der Waals surface area contributed by atoms with Crippen molar-refractivity contribution in [1.82, 2.24) is 10.2 Å². The van der Waals surface area contributed by atoms with Crippen LogP contribution in [0.2, 0.25) is 0 Å². The van der Waals surface area contributed by atoms with Crippen LogP contribution in [0.15, 0.2) is 24.3 Å². The molecule has 0 spiro atoms. The molecule has 0 aliphatic carbocycles. The fourth-order valence-electron chi connectivity index (χ4n) is 3.13. The lowest BCUT2D eigenvalue weighted by Gasteiger charge is -2.40. The van der Waals surface area contributed by atoms with Crippen molar-refractivity contribution in [2.75, 3.05) is 13.1 Å². The summed E-state index contributed by atoms with van der Waals surface area (Å²) in [6.07, 6.45) is 4.93. The Morgan fingerprint density at radius 3 is 2.40 bits per heavy atom. The van der Waals surface area contributed by atoms with Crippen LogP contribution in [0.4, 0.5) is 0 Å². The van der Waals surface area contributed by atoms with E-state index in [-0.39, 0.29) is 0 Å². The number of nitrogens with zero attached hydrogens (tertiary/aromatic N) is 1. The Balaban J connectivity index is 2.01. The molecule has 0 aromatic heterocycles. The van der Waals surface area contributed by atoms with E-state index < -0.39 is 0 Å². The van der Waals surface area contributed by atoms with E-state index in [2.05, 4.69) is 55.3 Å². The molecule has 0 amide bonds. The molecule has 2 atom stereocenters. The van der Waals surface area contributed by atoms with E-state index in [9.17, 15) is 0 Å². The molecule has 1 saturated heterocycles. The first-order valence-corrected chi connectivity index (χ1v) is 8.32. The SMILES string of the molecule is CCCC1CNC(CC)CN1Cc1ccc(CC)cc1. The maximum absolute atomic E-state index is 3.70. The van der Waals surface area contributed by atoms with E-state index in [4.69, 9.17) is 0 Å². The van der Waals surface area contributed by atoms with Gasteiger partial charge in [-0.25, -0.2) is 0 Å². The van der Waals surface area contributed by atoms with Crippen molar-refractivity contribution in [2.24, 2.45) is 0 Å². The van der Waals surface area contributed by atoms with Gasteiger partial charge in [0.15, 0.2) is 0 Å². The summed E-state index contributed by atoms with van der Waals surface area (Å²) in [6.45, 7) is 10.2. The highest BCUT2D eigenvalue weighted by atomic mass is 15.2. The Bertz CT molecular complexity index is 385. The van der Waals surface area contributed by atoms with E-state index in [0.29, 0.717) is 12.1 Å². The van der Waals surface area contributed by atoms with Gasteiger partial charge in [0, 0.05) is 31.7 Å². The van der Waals surface area contributed by atoms with Gasteiger partial charge in [-0.05, 0) is 30.4 Å². The highest BCUT2D eigenvalue weighted by Crippen LogP contribution is 2.17. The van der Waals surface area contributed by atoms with Crippen LogP contribution in [0.25, 0.3) is 0 Å². The molecule has 1 fully saturated rings. The molecule has 2 nitrogen and oxygen atoms in total. The van der Waals surface area contributed by atoms with E-state index >= 15 is 0 Å². The molecule has 1 aliphatic heterocycles. The standard InChI is InChI=1S/C18H30N2/c1-4-7-18-12-19-17(6-3)14-20(18)13-16-10-8-15(5-2)9-11-16/h8-11,17-19H,4-7,12-14H2,1-3H3. The summed E-state index contributed by atoms with van der Waals surface area (Å²) >= 11 is 0. The summed E-state index contributed by atoms with van der Waals surface area (Å²) in [4.78, 5) is 2.69. The Morgan fingerprint density at radius 2 is 1.80 bits per heavy atom. The Kier molecular flexibility index (Phi) is 6.06. The normalized spacial score (nSPS) is 23.9. The van der Waals surface area contributed by atoms with Gasteiger partial charge in [-0.15, -0.1) is 0 Å². The Hall–Kier alpha value is -0.860. The maximum Gasteiger partial charge on any atom is 0.0237 e. The van der Waals surface area contributed by atoms with Crippen molar-refractivity contribution in [1.29, 1.82) is 0 Å². The lowest BCUT2D eigenvalue weighted by atomic mass is 10.0. The molecule has 20 heavy (non-hydrogen) atoms. The highest BCUT2D eigenvalue weighted by molar-refractivity contribution is 5.22. The highest BCUT2D eigenvalue weighted by Gasteiger charge is 2.26. The maximum atomic E-state index is 3.70. The lowest BCUT2D eigenvalue weighted by molar-refractivity contribution is 0.113. The summed E-state index contributed by atoms with van der Waals surface area (Å²) in [5, 5.41) is 3.70. The lowest BCUT2D eigenvalue weighted by Crippen LogP contribution is -2.55.